The van der Waals surface area contributed by atoms with Crippen LogP contribution >= 0.6 is 0 Å². The standard InChI is InChI=1S/C10H16O4/c1-6(2)10(7(3)4)9(12)13-5-8(11)14-10/h6-7H,5H2,1-4H3. The number of esters is 2. The largest absolute Gasteiger partial charge is 0.451 e. The van der Waals surface area contributed by atoms with Gasteiger partial charge in [0.05, 0.1) is 0 Å². The van der Waals surface area contributed by atoms with Crippen LogP contribution in [0.15, 0.2) is 0 Å². The molecule has 0 spiro atoms. The van der Waals surface area contributed by atoms with Crippen molar-refractivity contribution in [2.75, 3.05) is 6.61 Å². The third-order valence-corrected chi connectivity index (χ3v) is 2.64. The predicted octanol–water partition coefficient (Wildman–Crippen LogP) is 1.14. The Labute approximate surface area is 83.6 Å². The quantitative estimate of drug-likeness (QED) is 0.627. The SMILES string of the molecule is CC(C)C1(C(C)C)OC(=O)COC1=O. The second kappa shape index (κ2) is 3.59. The minimum absolute atomic E-state index is 0.0840. The summed E-state index contributed by atoms with van der Waals surface area (Å²) >= 11 is 0. The first kappa shape index (κ1) is 11.0. The normalized spacial score (nSPS) is 21.0. The van der Waals surface area contributed by atoms with E-state index >= 15 is 0 Å². The Morgan fingerprint density at radius 2 is 1.64 bits per heavy atom. The molecular formula is C10H16O4. The Hall–Kier alpha value is -1.06. The van der Waals surface area contributed by atoms with Gasteiger partial charge in [-0.1, -0.05) is 27.7 Å². The lowest BCUT2D eigenvalue weighted by Gasteiger charge is -2.40. The Morgan fingerprint density at radius 3 is 2.00 bits per heavy atom. The fraction of sp³-hybridized carbons (Fsp3) is 0.800. The molecule has 1 aliphatic rings. The molecule has 0 aromatic rings. The summed E-state index contributed by atoms with van der Waals surface area (Å²) in [6, 6.07) is 0. The van der Waals surface area contributed by atoms with E-state index in [1.54, 1.807) is 0 Å². The first-order chi connectivity index (χ1) is 6.41. The summed E-state index contributed by atoms with van der Waals surface area (Å²) in [6.45, 7) is 7.12. The van der Waals surface area contributed by atoms with Crippen LogP contribution in [0.4, 0.5) is 0 Å². The van der Waals surface area contributed by atoms with Crippen LogP contribution in [0.1, 0.15) is 27.7 Å². The van der Waals surface area contributed by atoms with E-state index in [0.29, 0.717) is 0 Å². The molecule has 1 heterocycles. The Bertz CT molecular complexity index is 247. The van der Waals surface area contributed by atoms with E-state index in [1.807, 2.05) is 27.7 Å². The van der Waals surface area contributed by atoms with Crippen LogP contribution in [0, 0.1) is 11.8 Å². The minimum Gasteiger partial charge on any atom is -0.451 e. The molecule has 0 bridgehead atoms. The Kier molecular flexibility index (Phi) is 2.83. The van der Waals surface area contributed by atoms with Crippen LogP contribution in [-0.4, -0.2) is 24.1 Å². The topological polar surface area (TPSA) is 52.6 Å². The van der Waals surface area contributed by atoms with Crippen LogP contribution < -0.4 is 0 Å². The number of cyclic esters (lactones) is 2. The van der Waals surface area contributed by atoms with Crippen molar-refractivity contribution in [3.8, 4) is 0 Å². The van der Waals surface area contributed by atoms with E-state index in [4.69, 9.17) is 9.47 Å². The van der Waals surface area contributed by atoms with Crippen molar-refractivity contribution in [1.29, 1.82) is 0 Å². The van der Waals surface area contributed by atoms with Crippen LogP contribution in [0.5, 0.6) is 0 Å². The molecule has 0 aliphatic carbocycles. The van der Waals surface area contributed by atoms with Gasteiger partial charge in [-0.15, -0.1) is 0 Å². The highest BCUT2D eigenvalue weighted by Gasteiger charge is 2.52. The van der Waals surface area contributed by atoms with E-state index in [1.165, 1.54) is 0 Å². The summed E-state index contributed by atoms with van der Waals surface area (Å²) in [6.07, 6.45) is 0. The average molecular weight is 200 g/mol. The number of rotatable bonds is 2. The molecule has 1 aliphatic heterocycles. The molecule has 1 saturated heterocycles. The smallest absolute Gasteiger partial charge is 0.351 e. The second-order valence-corrected chi connectivity index (χ2v) is 4.15. The summed E-state index contributed by atoms with van der Waals surface area (Å²) in [5, 5.41) is 0. The van der Waals surface area contributed by atoms with Crippen LogP contribution in [-0.2, 0) is 19.1 Å². The first-order valence-corrected chi connectivity index (χ1v) is 4.80. The highest BCUT2D eigenvalue weighted by Crippen LogP contribution is 2.34. The van der Waals surface area contributed by atoms with Crippen molar-refractivity contribution in [3.63, 3.8) is 0 Å². The molecule has 1 fully saturated rings. The maximum atomic E-state index is 11.6. The van der Waals surface area contributed by atoms with Crippen LogP contribution in [0.2, 0.25) is 0 Å². The maximum absolute atomic E-state index is 11.6. The van der Waals surface area contributed by atoms with Gasteiger partial charge in [0.2, 0.25) is 5.60 Å². The van der Waals surface area contributed by atoms with Crippen LogP contribution in [0.3, 0.4) is 0 Å². The molecule has 0 unspecified atom stereocenters. The molecule has 0 atom stereocenters. The number of carbonyl (C=O) groups excluding carboxylic acids is 2. The molecule has 0 N–H and O–H groups in total. The highest BCUT2D eigenvalue weighted by molar-refractivity contribution is 5.89. The molecule has 0 saturated carbocycles. The third kappa shape index (κ3) is 1.49. The van der Waals surface area contributed by atoms with Crippen molar-refractivity contribution in [3.05, 3.63) is 0 Å². The van der Waals surface area contributed by atoms with E-state index in [2.05, 4.69) is 0 Å². The zero-order valence-corrected chi connectivity index (χ0v) is 8.99. The summed E-state index contributed by atoms with van der Waals surface area (Å²) < 4.78 is 10.0. The van der Waals surface area contributed by atoms with Gasteiger partial charge in [0.15, 0.2) is 6.61 Å². The fourth-order valence-corrected chi connectivity index (χ4v) is 1.87. The zero-order valence-electron chi connectivity index (χ0n) is 8.99. The number of carbonyl (C=O) groups is 2. The minimum atomic E-state index is -1.10. The predicted molar refractivity (Wildman–Crippen MR) is 49.5 cm³/mol. The second-order valence-electron chi connectivity index (χ2n) is 4.15. The molecule has 0 aromatic heterocycles. The van der Waals surface area contributed by atoms with Gasteiger partial charge in [-0.3, -0.25) is 0 Å². The fourth-order valence-electron chi connectivity index (χ4n) is 1.87. The lowest BCUT2D eigenvalue weighted by Crippen LogP contribution is -2.57. The van der Waals surface area contributed by atoms with Gasteiger partial charge in [-0.05, 0) is 0 Å². The first-order valence-electron chi connectivity index (χ1n) is 4.80. The van der Waals surface area contributed by atoms with E-state index < -0.39 is 17.5 Å². The number of hydrogen-bond acceptors (Lipinski definition) is 4. The van der Waals surface area contributed by atoms with Crippen molar-refractivity contribution in [2.24, 2.45) is 11.8 Å². The van der Waals surface area contributed by atoms with Crippen molar-refractivity contribution in [2.45, 2.75) is 33.3 Å². The lowest BCUT2D eigenvalue weighted by molar-refractivity contribution is -0.213. The van der Waals surface area contributed by atoms with E-state index in [9.17, 15) is 9.59 Å². The molecule has 0 radical (unpaired) electrons. The van der Waals surface area contributed by atoms with Gasteiger partial charge >= 0.3 is 11.9 Å². The molecular weight excluding hydrogens is 184 g/mol. The molecule has 1 rings (SSSR count). The molecule has 80 valence electrons. The van der Waals surface area contributed by atoms with Gasteiger partial charge < -0.3 is 9.47 Å². The zero-order chi connectivity index (χ0) is 10.9. The van der Waals surface area contributed by atoms with Crippen molar-refractivity contribution in [1.82, 2.24) is 0 Å². The summed E-state index contributed by atoms with van der Waals surface area (Å²) in [4.78, 5) is 22.8. The van der Waals surface area contributed by atoms with Crippen molar-refractivity contribution >= 4 is 11.9 Å². The van der Waals surface area contributed by atoms with Gasteiger partial charge in [0, 0.05) is 11.8 Å². The summed E-state index contributed by atoms with van der Waals surface area (Å²) in [5.74, 6) is -1.06. The monoisotopic (exact) mass is 200 g/mol. The molecule has 14 heavy (non-hydrogen) atoms. The third-order valence-electron chi connectivity index (χ3n) is 2.64. The van der Waals surface area contributed by atoms with Crippen molar-refractivity contribution < 1.29 is 19.1 Å². The highest BCUT2D eigenvalue weighted by atomic mass is 16.6. The molecule has 4 heteroatoms. The summed E-state index contributed by atoms with van der Waals surface area (Å²) in [5.41, 5.74) is -1.10. The lowest BCUT2D eigenvalue weighted by atomic mass is 9.79. The maximum Gasteiger partial charge on any atom is 0.351 e. The van der Waals surface area contributed by atoms with E-state index in [0.717, 1.165) is 0 Å². The molecule has 0 amide bonds. The Morgan fingerprint density at radius 1 is 1.14 bits per heavy atom. The van der Waals surface area contributed by atoms with Gasteiger partial charge in [0.1, 0.15) is 0 Å². The van der Waals surface area contributed by atoms with Gasteiger partial charge in [-0.25, -0.2) is 9.59 Å². The summed E-state index contributed by atoms with van der Waals surface area (Å²) in [7, 11) is 0. The van der Waals surface area contributed by atoms with Gasteiger partial charge in [-0.2, -0.15) is 0 Å². The van der Waals surface area contributed by atoms with E-state index in [-0.39, 0.29) is 18.4 Å². The number of ether oxygens (including phenoxy) is 2. The number of hydrogen-bond donors (Lipinski definition) is 0. The Balaban J connectivity index is 3.05. The van der Waals surface area contributed by atoms with Crippen LogP contribution in [0.25, 0.3) is 0 Å². The average Bonchev–Trinajstić information content (AvgIpc) is 2.08. The van der Waals surface area contributed by atoms with Gasteiger partial charge in [0.25, 0.3) is 0 Å². The molecule has 0 aromatic carbocycles. The molecule has 4 nitrogen and oxygen atoms in total.